The standard InChI is InChI=1S/C9H12BrNO2/c1-11(9(12)4-5-10)8-3-2-6-13-7-8/h8H,2-3,6-7H2,1H3. The number of carbonyl (C=O) groups is 1. The largest absolute Gasteiger partial charge is 0.379 e. The Morgan fingerprint density at radius 3 is 3.00 bits per heavy atom. The van der Waals surface area contributed by atoms with Gasteiger partial charge in [-0.3, -0.25) is 4.79 Å². The summed E-state index contributed by atoms with van der Waals surface area (Å²) in [5.41, 5.74) is 0. The van der Waals surface area contributed by atoms with Crippen LogP contribution >= 0.6 is 15.9 Å². The zero-order valence-electron chi connectivity index (χ0n) is 7.55. The van der Waals surface area contributed by atoms with Crippen molar-refractivity contribution in [1.29, 1.82) is 0 Å². The van der Waals surface area contributed by atoms with Crippen molar-refractivity contribution >= 4 is 21.8 Å². The summed E-state index contributed by atoms with van der Waals surface area (Å²) in [7, 11) is 1.76. The van der Waals surface area contributed by atoms with Gasteiger partial charge in [0.1, 0.15) is 0 Å². The Bertz CT molecular complexity index is 238. The predicted molar refractivity (Wildman–Crippen MR) is 53.3 cm³/mol. The Balaban J connectivity index is 2.48. The molecule has 0 radical (unpaired) electrons. The van der Waals surface area contributed by atoms with Crippen LogP contribution in [-0.2, 0) is 9.53 Å². The van der Waals surface area contributed by atoms with Crippen LogP contribution in [0.4, 0.5) is 0 Å². The van der Waals surface area contributed by atoms with Gasteiger partial charge in [-0.1, -0.05) is 0 Å². The second kappa shape index (κ2) is 5.25. The number of hydrogen-bond donors (Lipinski definition) is 0. The molecule has 1 saturated heterocycles. The molecule has 4 heteroatoms. The minimum absolute atomic E-state index is 0.160. The molecule has 0 aromatic carbocycles. The lowest BCUT2D eigenvalue weighted by molar-refractivity contribution is -0.128. The van der Waals surface area contributed by atoms with Gasteiger partial charge in [0.25, 0.3) is 5.91 Å². The van der Waals surface area contributed by atoms with Crippen LogP contribution in [0.3, 0.4) is 0 Å². The summed E-state index contributed by atoms with van der Waals surface area (Å²) >= 11 is 2.90. The highest BCUT2D eigenvalue weighted by Crippen LogP contribution is 2.11. The lowest BCUT2D eigenvalue weighted by Gasteiger charge is -2.29. The number of rotatable bonds is 1. The van der Waals surface area contributed by atoms with E-state index in [4.69, 9.17) is 4.74 Å². The maximum absolute atomic E-state index is 11.3. The fraction of sp³-hybridized carbons (Fsp3) is 0.667. The highest BCUT2D eigenvalue weighted by molar-refractivity contribution is 9.12. The average Bonchev–Trinajstić information content (AvgIpc) is 2.18. The van der Waals surface area contributed by atoms with Gasteiger partial charge in [-0.25, -0.2) is 0 Å². The molecule has 1 amide bonds. The van der Waals surface area contributed by atoms with E-state index in [-0.39, 0.29) is 11.9 Å². The first-order valence-corrected chi connectivity index (χ1v) is 5.01. The van der Waals surface area contributed by atoms with Crippen molar-refractivity contribution in [3.63, 3.8) is 0 Å². The second-order valence-corrected chi connectivity index (χ2v) is 3.40. The van der Waals surface area contributed by atoms with Crippen molar-refractivity contribution in [2.45, 2.75) is 18.9 Å². The van der Waals surface area contributed by atoms with Gasteiger partial charge in [0, 0.05) is 35.5 Å². The molecule has 0 aliphatic carbocycles. The smallest absolute Gasteiger partial charge is 0.299 e. The van der Waals surface area contributed by atoms with Crippen LogP contribution in [-0.4, -0.2) is 37.1 Å². The normalized spacial score (nSPS) is 21.5. The van der Waals surface area contributed by atoms with Crippen molar-refractivity contribution < 1.29 is 9.53 Å². The molecule has 3 nitrogen and oxygen atoms in total. The van der Waals surface area contributed by atoms with Gasteiger partial charge in [-0.15, -0.1) is 0 Å². The molecule has 1 heterocycles. The first-order valence-electron chi connectivity index (χ1n) is 4.22. The second-order valence-electron chi connectivity index (χ2n) is 3.01. The van der Waals surface area contributed by atoms with Crippen molar-refractivity contribution in [1.82, 2.24) is 4.90 Å². The summed E-state index contributed by atoms with van der Waals surface area (Å²) < 4.78 is 5.28. The van der Waals surface area contributed by atoms with Crippen molar-refractivity contribution in [3.05, 3.63) is 0 Å². The van der Waals surface area contributed by atoms with Crippen LogP contribution in [0, 0.1) is 10.8 Å². The van der Waals surface area contributed by atoms with Crippen LogP contribution < -0.4 is 0 Å². The van der Waals surface area contributed by atoms with E-state index in [1.54, 1.807) is 11.9 Å². The lowest BCUT2D eigenvalue weighted by Crippen LogP contribution is -2.41. The van der Waals surface area contributed by atoms with E-state index in [0.717, 1.165) is 19.4 Å². The average molecular weight is 246 g/mol. The molecule has 1 aliphatic rings. The summed E-state index contributed by atoms with van der Waals surface area (Å²) in [5, 5.41) is 0. The van der Waals surface area contributed by atoms with Gasteiger partial charge >= 0.3 is 0 Å². The van der Waals surface area contributed by atoms with E-state index < -0.39 is 0 Å². The zero-order chi connectivity index (χ0) is 9.68. The summed E-state index contributed by atoms with van der Waals surface area (Å²) in [5.74, 6) is 2.28. The van der Waals surface area contributed by atoms with Crippen molar-refractivity contribution in [2.75, 3.05) is 20.3 Å². The maximum atomic E-state index is 11.3. The van der Waals surface area contributed by atoms with Gasteiger partial charge in [0.05, 0.1) is 12.6 Å². The number of amides is 1. The lowest BCUT2D eigenvalue weighted by atomic mass is 10.1. The third-order valence-electron chi connectivity index (χ3n) is 2.16. The monoisotopic (exact) mass is 245 g/mol. The Labute approximate surface area is 86.6 Å². The highest BCUT2D eigenvalue weighted by Gasteiger charge is 2.21. The van der Waals surface area contributed by atoms with E-state index in [0.29, 0.717) is 6.61 Å². The molecular formula is C9H12BrNO2. The first kappa shape index (κ1) is 10.6. The minimum atomic E-state index is -0.160. The van der Waals surface area contributed by atoms with E-state index in [1.165, 1.54) is 0 Å². The molecule has 1 rings (SSSR count). The van der Waals surface area contributed by atoms with Crippen molar-refractivity contribution in [3.8, 4) is 10.8 Å². The third kappa shape index (κ3) is 3.02. The molecule has 0 spiro atoms. The number of likely N-dealkylation sites (N-methyl/N-ethyl adjacent to an activating group) is 1. The number of hydrogen-bond acceptors (Lipinski definition) is 2. The quantitative estimate of drug-likeness (QED) is 0.645. The predicted octanol–water partition coefficient (Wildman–Crippen LogP) is 0.980. The number of carbonyl (C=O) groups excluding carboxylic acids is 1. The molecule has 1 atom stereocenters. The summed E-state index contributed by atoms with van der Waals surface area (Å²) in [6.07, 6.45) is 2.02. The van der Waals surface area contributed by atoms with Gasteiger partial charge in [-0.2, -0.15) is 0 Å². The van der Waals surface area contributed by atoms with E-state index >= 15 is 0 Å². The molecule has 1 fully saturated rings. The minimum Gasteiger partial charge on any atom is -0.379 e. The highest BCUT2D eigenvalue weighted by atomic mass is 79.9. The van der Waals surface area contributed by atoms with Crippen LogP contribution in [0.5, 0.6) is 0 Å². The Morgan fingerprint density at radius 2 is 2.46 bits per heavy atom. The zero-order valence-corrected chi connectivity index (χ0v) is 9.13. The van der Waals surface area contributed by atoms with E-state index in [9.17, 15) is 4.79 Å². The van der Waals surface area contributed by atoms with Gasteiger partial charge in [0.15, 0.2) is 0 Å². The molecule has 0 saturated carbocycles. The van der Waals surface area contributed by atoms with Crippen LogP contribution in [0.1, 0.15) is 12.8 Å². The number of ether oxygens (including phenoxy) is 1. The first-order chi connectivity index (χ1) is 6.25. The molecule has 0 N–H and O–H groups in total. The SMILES string of the molecule is CN(C(=O)C#CBr)C1CCCOC1. The molecule has 0 aromatic rings. The molecule has 1 unspecified atom stereocenters. The molecule has 13 heavy (non-hydrogen) atoms. The van der Waals surface area contributed by atoms with Gasteiger partial charge in [0.2, 0.25) is 0 Å². The van der Waals surface area contributed by atoms with Gasteiger partial charge in [-0.05, 0) is 17.7 Å². The van der Waals surface area contributed by atoms with Crippen LogP contribution in [0.2, 0.25) is 0 Å². The van der Waals surface area contributed by atoms with Crippen LogP contribution in [0.15, 0.2) is 0 Å². The molecule has 72 valence electrons. The molecular weight excluding hydrogens is 234 g/mol. The number of halogens is 1. The Morgan fingerprint density at radius 1 is 1.69 bits per heavy atom. The Kier molecular flexibility index (Phi) is 4.26. The van der Waals surface area contributed by atoms with E-state index in [1.807, 2.05) is 0 Å². The molecule has 0 aromatic heterocycles. The fourth-order valence-corrected chi connectivity index (χ4v) is 1.49. The summed E-state index contributed by atoms with van der Waals surface area (Å²) in [6, 6.07) is 0.189. The topological polar surface area (TPSA) is 29.5 Å². The van der Waals surface area contributed by atoms with E-state index in [2.05, 4.69) is 26.7 Å². The molecule has 0 bridgehead atoms. The fourth-order valence-electron chi connectivity index (χ4n) is 1.32. The molecule has 1 aliphatic heterocycles. The summed E-state index contributed by atoms with van der Waals surface area (Å²) in [4.78, 5) is 15.4. The van der Waals surface area contributed by atoms with Crippen LogP contribution in [0.25, 0.3) is 0 Å². The summed E-state index contributed by atoms with van der Waals surface area (Å²) in [6.45, 7) is 1.44. The number of nitrogens with zero attached hydrogens (tertiary/aromatic N) is 1. The Hall–Kier alpha value is -0.530. The maximum Gasteiger partial charge on any atom is 0.299 e. The van der Waals surface area contributed by atoms with Crippen molar-refractivity contribution in [2.24, 2.45) is 0 Å². The van der Waals surface area contributed by atoms with Gasteiger partial charge < -0.3 is 9.64 Å². The third-order valence-corrected chi connectivity index (χ3v) is 2.36.